The highest BCUT2D eigenvalue weighted by atomic mass is 79.9. The molecular weight excluding hydrogens is 256 g/mol. The summed E-state index contributed by atoms with van der Waals surface area (Å²) in [5, 5.41) is 3.56. The van der Waals surface area contributed by atoms with Crippen molar-refractivity contribution in [2.45, 2.75) is 24.9 Å². The number of rotatable bonds is 3. The molecule has 2 fully saturated rings. The predicted molar refractivity (Wildman–Crippen MR) is 60.9 cm³/mol. The van der Waals surface area contributed by atoms with E-state index in [4.69, 9.17) is 4.74 Å². The average Bonchev–Trinajstić information content (AvgIpc) is 2.84. The first-order chi connectivity index (χ1) is 7.31. The van der Waals surface area contributed by atoms with Crippen molar-refractivity contribution in [2.24, 2.45) is 5.92 Å². The number of fused-ring (bicyclic) bond motifs is 1. The smallest absolute Gasteiger partial charge is 0.138 e. The highest BCUT2D eigenvalue weighted by Crippen LogP contribution is 2.40. The van der Waals surface area contributed by atoms with Crippen LogP contribution in [0.3, 0.4) is 0 Å². The quantitative estimate of drug-likeness (QED) is 0.911. The van der Waals surface area contributed by atoms with Gasteiger partial charge in [0.2, 0.25) is 0 Å². The maximum Gasteiger partial charge on any atom is 0.138 e. The van der Waals surface area contributed by atoms with Crippen LogP contribution < -0.4 is 10.1 Å². The standard InChI is InChI=1S/C11H13BrN2O/c12-8-3-10(5-13-4-8)15-6-9-1-7-2-11(7)14-9/h3-5,7,9,11,14H,1-2,6H2/t7-,9+,11+/m1/s1. The van der Waals surface area contributed by atoms with Crippen molar-refractivity contribution in [3.63, 3.8) is 0 Å². The normalized spacial score (nSPS) is 32.5. The number of piperidine rings is 1. The summed E-state index contributed by atoms with van der Waals surface area (Å²) in [5.74, 6) is 1.77. The molecule has 3 atom stereocenters. The molecule has 1 aromatic rings. The molecule has 1 N–H and O–H groups in total. The number of ether oxygens (including phenoxy) is 1. The summed E-state index contributed by atoms with van der Waals surface area (Å²) < 4.78 is 6.65. The summed E-state index contributed by atoms with van der Waals surface area (Å²) in [4.78, 5) is 4.06. The van der Waals surface area contributed by atoms with Gasteiger partial charge in [0.1, 0.15) is 12.4 Å². The fraction of sp³-hybridized carbons (Fsp3) is 0.545. The molecule has 0 bridgehead atoms. The molecule has 0 unspecified atom stereocenters. The van der Waals surface area contributed by atoms with Crippen LogP contribution in [0.5, 0.6) is 5.75 Å². The molecule has 2 aliphatic rings. The van der Waals surface area contributed by atoms with E-state index in [2.05, 4.69) is 26.2 Å². The van der Waals surface area contributed by atoms with E-state index in [-0.39, 0.29) is 0 Å². The minimum Gasteiger partial charge on any atom is -0.490 e. The maximum atomic E-state index is 5.68. The molecule has 2 heterocycles. The second-order valence-corrected chi connectivity index (χ2v) is 5.27. The lowest BCUT2D eigenvalue weighted by Gasteiger charge is -2.14. The Balaban J connectivity index is 1.53. The maximum absolute atomic E-state index is 5.68. The van der Waals surface area contributed by atoms with Crippen LogP contribution in [-0.2, 0) is 0 Å². The van der Waals surface area contributed by atoms with Crippen molar-refractivity contribution in [3.05, 3.63) is 22.9 Å². The number of nitrogens with zero attached hydrogens (tertiary/aromatic N) is 1. The Morgan fingerprint density at radius 3 is 3.13 bits per heavy atom. The molecule has 1 aliphatic carbocycles. The Bertz CT molecular complexity index is 361. The van der Waals surface area contributed by atoms with Gasteiger partial charge in [0.15, 0.2) is 0 Å². The molecule has 0 aromatic carbocycles. The molecule has 1 aliphatic heterocycles. The third kappa shape index (κ3) is 2.16. The molecule has 3 rings (SSSR count). The predicted octanol–water partition coefficient (Wildman–Crippen LogP) is 1.97. The van der Waals surface area contributed by atoms with Crippen LogP contribution in [0, 0.1) is 5.92 Å². The van der Waals surface area contributed by atoms with E-state index in [0.717, 1.165) is 28.8 Å². The van der Waals surface area contributed by atoms with Crippen LogP contribution in [0.4, 0.5) is 0 Å². The average molecular weight is 269 g/mol. The third-order valence-corrected chi connectivity index (χ3v) is 3.52. The number of pyridine rings is 1. The molecule has 4 heteroatoms. The van der Waals surface area contributed by atoms with E-state index in [1.165, 1.54) is 12.8 Å². The van der Waals surface area contributed by atoms with E-state index < -0.39 is 0 Å². The SMILES string of the molecule is Brc1cncc(OC[C@@H]2C[C@@H]3C[C@@H]3N2)c1. The molecule has 0 radical (unpaired) electrons. The molecule has 0 amide bonds. The van der Waals surface area contributed by atoms with Crippen LogP contribution in [0.2, 0.25) is 0 Å². The Labute approximate surface area is 97.4 Å². The summed E-state index contributed by atoms with van der Waals surface area (Å²) in [5.41, 5.74) is 0. The molecule has 0 spiro atoms. The van der Waals surface area contributed by atoms with Gasteiger partial charge in [-0.2, -0.15) is 0 Å². The molecular formula is C11H13BrN2O. The topological polar surface area (TPSA) is 34.1 Å². The van der Waals surface area contributed by atoms with Crippen LogP contribution in [-0.4, -0.2) is 23.7 Å². The molecule has 15 heavy (non-hydrogen) atoms. The van der Waals surface area contributed by atoms with Crippen molar-refractivity contribution in [1.29, 1.82) is 0 Å². The van der Waals surface area contributed by atoms with Crippen LogP contribution >= 0.6 is 15.9 Å². The van der Waals surface area contributed by atoms with Crippen molar-refractivity contribution in [1.82, 2.24) is 10.3 Å². The summed E-state index contributed by atoms with van der Waals surface area (Å²) in [7, 11) is 0. The van der Waals surface area contributed by atoms with Crippen molar-refractivity contribution in [2.75, 3.05) is 6.61 Å². The second kappa shape index (κ2) is 3.76. The van der Waals surface area contributed by atoms with Crippen molar-refractivity contribution < 1.29 is 4.74 Å². The van der Waals surface area contributed by atoms with Gasteiger partial charge in [0, 0.05) is 22.8 Å². The monoisotopic (exact) mass is 268 g/mol. The summed E-state index contributed by atoms with van der Waals surface area (Å²) >= 11 is 3.37. The summed E-state index contributed by atoms with van der Waals surface area (Å²) in [6, 6.07) is 3.27. The lowest BCUT2D eigenvalue weighted by molar-refractivity contribution is 0.267. The molecule has 1 saturated heterocycles. The number of hydrogen-bond donors (Lipinski definition) is 1. The largest absolute Gasteiger partial charge is 0.490 e. The van der Waals surface area contributed by atoms with E-state index in [9.17, 15) is 0 Å². The van der Waals surface area contributed by atoms with Gasteiger partial charge in [0.25, 0.3) is 0 Å². The van der Waals surface area contributed by atoms with Crippen molar-refractivity contribution in [3.8, 4) is 5.75 Å². The Kier molecular flexibility index (Phi) is 2.41. The van der Waals surface area contributed by atoms with E-state index in [0.29, 0.717) is 6.04 Å². The van der Waals surface area contributed by atoms with Gasteiger partial charge in [-0.25, -0.2) is 0 Å². The zero-order valence-electron chi connectivity index (χ0n) is 8.32. The van der Waals surface area contributed by atoms with Crippen LogP contribution in [0.15, 0.2) is 22.9 Å². The Morgan fingerprint density at radius 2 is 2.40 bits per heavy atom. The highest BCUT2D eigenvalue weighted by Gasteiger charge is 2.45. The Hall–Kier alpha value is -0.610. The zero-order chi connectivity index (χ0) is 10.3. The van der Waals surface area contributed by atoms with Gasteiger partial charge in [0.05, 0.1) is 6.20 Å². The number of halogens is 1. The fourth-order valence-corrected chi connectivity index (χ4v) is 2.58. The minimum absolute atomic E-state index is 0.535. The first kappa shape index (κ1) is 9.60. The first-order valence-corrected chi connectivity index (χ1v) is 6.10. The molecule has 1 saturated carbocycles. The fourth-order valence-electron chi connectivity index (χ4n) is 2.23. The van der Waals surface area contributed by atoms with E-state index in [1.54, 1.807) is 12.4 Å². The van der Waals surface area contributed by atoms with Gasteiger partial charge < -0.3 is 10.1 Å². The lowest BCUT2D eigenvalue weighted by Crippen LogP contribution is -2.31. The highest BCUT2D eigenvalue weighted by molar-refractivity contribution is 9.10. The lowest BCUT2D eigenvalue weighted by atomic mass is 10.2. The third-order valence-electron chi connectivity index (χ3n) is 3.09. The number of aromatic nitrogens is 1. The van der Waals surface area contributed by atoms with Crippen molar-refractivity contribution >= 4 is 15.9 Å². The van der Waals surface area contributed by atoms with E-state index in [1.807, 2.05) is 6.07 Å². The molecule has 3 nitrogen and oxygen atoms in total. The summed E-state index contributed by atoms with van der Waals surface area (Å²) in [6.45, 7) is 0.755. The first-order valence-electron chi connectivity index (χ1n) is 5.30. The zero-order valence-corrected chi connectivity index (χ0v) is 9.90. The van der Waals surface area contributed by atoms with Gasteiger partial charge >= 0.3 is 0 Å². The second-order valence-electron chi connectivity index (χ2n) is 4.35. The number of hydrogen-bond acceptors (Lipinski definition) is 3. The van der Waals surface area contributed by atoms with Gasteiger partial charge in [-0.05, 0) is 40.8 Å². The summed E-state index contributed by atoms with van der Waals surface area (Å²) in [6.07, 6.45) is 6.15. The number of nitrogens with one attached hydrogen (secondary N) is 1. The van der Waals surface area contributed by atoms with Crippen LogP contribution in [0.25, 0.3) is 0 Å². The Morgan fingerprint density at radius 1 is 1.47 bits per heavy atom. The molecule has 80 valence electrons. The molecule has 1 aromatic heterocycles. The van der Waals surface area contributed by atoms with Gasteiger partial charge in [-0.3, -0.25) is 4.98 Å². The van der Waals surface area contributed by atoms with Gasteiger partial charge in [-0.15, -0.1) is 0 Å². The minimum atomic E-state index is 0.535. The van der Waals surface area contributed by atoms with E-state index >= 15 is 0 Å². The van der Waals surface area contributed by atoms with Crippen LogP contribution in [0.1, 0.15) is 12.8 Å². The van der Waals surface area contributed by atoms with Gasteiger partial charge in [-0.1, -0.05) is 0 Å².